The molecule has 20 heteroatoms. The normalized spacial score (nSPS) is 18.8. The van der Waals surface area contributed by atoms with Gasteiger partial charge >= 0.3 is 0 Å². The van der Waals surface area contributed by atoms with Gasteiger partial charge in [0.15, 0.2) is 23.0 Å². The number of unbranched alkanes of at least 4 members (excludes halogenated alkanes) is 2. The molecular formula is C63H77N9O11. The summed E-state index contributed by atoms with van der Waals surface area (Å²) in [5.41, 5.74) is 5.69. The van der Waals surface area contributed by atoms with Crippen LogP contribution in [-0.2, 0) is 19.2 Å². The molecule has 4 N–H and O–H groups in total. The summed E-state index contributed by atoms with van der Waals surface area (Å²) < 4.78 is 29.0. The highest BCUT2D eigenvalue weighted by atomic mass is 16.5. The third kappa shape index (κ3) is 14.0. The highest BCUT2D eigenvalue weighted by Crippen LogP contribution is 2.42. The first kappa shape index (κ1) is 60.6. The van der Waals surface area contributed by atoms with Crippen LogP contribution < -0.4 is 45.0 Å². The molecule has 0 radical (unpaired) electrons. The molecule has 5 aliphatic rings. The molecule has 3 unspecified atom stereocenters. The van der Waals surface area contributed by atoms with Crippen LogP contribution >= 0.6 is 0 Å². The first-order chi connectivity index (χ1) is 40.1. The molecular weight excluding hydrogens is 1060 g/mol. The Bertz CT molecular complexity index is 3170. The molecule has 1 fully saturated rings. The average molecular weight is 1140 g/mol. The van der Waals surface area contributed by atoms with E-state index in [0.29, 0.717) is 89.8 Å². The summed E-state index contributed by atoms with van der Waals surface area (Å²) in [6.45, 7) is 10.5. The van der Waals surface area contributed by atoms with Crippen molar-refractivity contribution < 1.29 is 52.5 Å². The van der Waals surface area contributed by atoms with Crippen molar-refractivity contribution in [3.63, 3.8) is 0 Å². The van der Waals surface area contributed by atoms with Gasteiger partial charge in [0.1, 0.15) is 11.8 Å². The number of carbonyl (C=O) groups excluding carboxylic acids is 6. The molecule has 0 bridgehead atoms. The zero-order valence-electron chi connectivity index (χ0n) is 49.0. The minimum Gasteiger partial charge on any atom is -0.497 e. The molecule has 4 aromatic rings. The number of methoxy groups -OCH3 is 3. The number of likely N-dealkylation sites (tertiary alicyclic amines) is 1. The Morgan fingerprint density at radius 3 is 1.73 bits per heavy atom. The maximum absolute atomic E-state index is 14.1. The van der Waals surface area contributed by atoms with Gasteiger partial charge in [0, 0.05) is 81.3 Å². The van der Waals surface area contributed by atoms with Crippen molar-refractivity contribution in [2.75, 3.05) is 60.0 Å². The lowest BCUT2D eigenvalue weighted by Crippen LogP contribution is -2.52. The zero-order valence-corrected chi connectivity index (χ0v) is 49.0. The summed E-state index contributed by atoms with van der Waals surface area (Å²) in [5.74, 6) is 0.757. The van der Waals surface area contributed by atoms with Crippen molar-refractivity contribution >= 4 is 76.1 Å². The van der Waals surface area contributed by atoms with E-state index in [1.54, 1.807) is 65.7 Å². The lowest BCUT2D eigenvalue weighted by atomic mass is 10.0. The van der Waals surface area contributed by atoms with Gasteiger partial charge in [-0.3, -0.25) is 44.1 Å². The molecule has 5 heterocycles. The molecule has 5 aliphatic heterocycles. The summed E-state index contributed by atoms with van der Waals surface area (Å²) in [4.78, 5) is 94.0. The molecule has 1 saturated heterocycles. The molecule has 9 rings (SSSR count). The van der Waals surface area contributed by atoms with E-state index in [1.165, 1.54) is 14.2 Å². The lowest BCUT2D eigenvalue weighted by molar-refractivity contribution is -0.131. The first-order valence-corrected chi connectivity index (χ1v) is 28.6. The van der Waals surface area contributed by atoms with Crippen molar-refractivity contribution in [2.45, 2.75) is 116 Å². The molecule has 0 saturated carbocycles. The number of nitrogens with one attached hydrogen (secondary N) is 4. The summed E-state index contributed by atoms with van der Waals surface area (Å²) >= 11 is 0. The fourth-order valence-electron chi connectivity index (χ4n) is 10.7. The van der Waals surface area contributed by atoms with Crippen LogP contribution in [0.1, 0.15) is 124 Å². The number of amides is 6. The van der Waals surface area contributed by atoms with Gasteiger partial charge in [0.25, 0.3) is 11.8 Å². The highest BCUT2D eigenvalue weighted by molar-refractivity contribution is 6.07. The van der Waals surface area contributed by atoms with Crippen LogP contribution in [0.25, 0.3) is 11.1 Å². The number of hydrogen-bond donors (Lipinski definition) is 4. The van der Waals surface area contributed by atoms with Gasteiger partial charge in [0.05, 0.1) is 81.3 Å². The number of ether oxygens (including phenoxy) is 5. The Morgan fingerprint density at radius 1 is 0.687 bits per heavy atom. The Labute approximate surface area is 485 Å². The predicted molar refractivity (Wildman–Crippen MR) is 319 cm³/mol. The third-order valence-corrected chi connectivity index (χ3v) is 15.5. The maximum Gasteiger partial charge on any atom is 0.260 e. The van der Waals surface area contributed by atoms with E-state index in [9.17, 15) is 28.8 Å². The molecule has 440 valence electrons. The van der Waals surface area contributed by atoms with Crippen LogP contribution in [0.2, 0.25) is 0 Å². The Kier molecular flexibility index (Phi) is 20.1. The maximum atomic E-state index is 14.1. The highest BCUT2D eigenvalue weighted by Gasteiger charge is 2.40. The summed E-state index contributed by atoms with van der Waals surface area (Å²) in [6, 6.07) is 20.3. The Hall–Kier alpha value is -8.52. The van der Waals surface area contributed by atoms with E-state index < -0.39 is 17.9 Å². The summed E-state index contributed by atoms with van der Waals surface area (Å²) in [6.07, 6.45) is 12.6. The average Bonchev–Trinajstić information content (AvgIpc) is 3.63. The third-order valence-electron chi connectivity index (χ3n) is 15.5. The van der Waals surface area contributed by atoms with E-state index in [-0.39, 0.29) is 73.5 Å². The van der Waals surface area contributed by atoms with Crippen LogP contribution in [0.15, 0.2) is 95.2 Å². The summed E-state index contributed by atoms with van der Waals surface area (Å²) in [7, 11) is 6.52. The van der Waals surface area contributed by atoms with Crippen molar-refractivity contribution in [3.05, 3.63) is 107 Å². The largest absolute Gasteiger partial charge is 0.497 e. The van der Waals surface area contributed by atoms with Crippen LogP contribution in [0.5, 0.6) is 28.7 Å². The number of rotatable bonds is 24. The standard InChI is InChI=1S/C61H71N9O11.C2H6/c1-37(2)57(67-54(71)12-9-8-10-23-70-56(73)21-22-61(70,3)62-4)58(74)65-34-55(72)66-42-17-13-38(14-18-42)40-26-43-32-63-48-30-52(50(78-6)28-46(48)59(75)68(43)35-40)80-24-11-25-81-53-31-49-47(29-51(53)79-7)60(76)69-36-41(27-44(69)33-64-49)39-15-19-45(77-5)20-16-39;1-2/h13-20,28-33,35-37,43-44,57,62H,8-12,21-27,34H2,1-7H3,(H,65,74)(H,66,72)(H,67,71);1-2H3/t43?,44-,57?,61?;/m0./s1. The second-order valence-corrected chi connectivity index (χ2v) is 21.2. The van der Waals surface area contributed by atoms with E-state index in [4.69, 9.17) is 33.7 Å². The van der Waals surface area contributed by atoms with Gasteiger partial charge in [-0.05, 0) is 97.8 Å². The van der Waals surface area contributed by atoms with Crippen LogP contribution in [0.3, 0.4) is 0 Å². The number of aliphatic imine (C=N–C) groups is 2. The van der Waals surface area contributed by atoms with Gasteiger partial charge in [-0.1, -0.05) is 58.4 Å². The number of nitrogens with zero attached hydrogens (tertiary/aromatic N) is 5. The van der Waals surface area contributed by atoms with Gasteiger partial charge in [0.2, 0.25) is 23.6 Å². The van der Waals surface area contributed by atoms with Crippen molar-refractivity contribution in [2.24, 2.45) is 15.9 Å². The number of anilines is 1. The molecule has 0 spiro atoms. The SMILES string of the molecule is CC.CNC1(C)CCC(=O)N1CCCCCC(=O)NC(C(=O)NCC(=O)Nc1ccc(C2=CN3C(=O)c4cc(OC)c(OCCCOc5cc6c(cc5OC)C(=O)N5C=C(c7ccc(OC)cc7)C[C@H]5C=N6)cc4N=CC3C2)cc1)C(C)C. The Morgan fingerprint density at radius 2 is 1.23 bits per heavy atom. The van der Waals surface area contributed by atoms with E-state index in [0.717, 1.165) is 47.3 Å². The second-order valence-electron chi connectivity index (χ2n) is 21.2. The molecule has 6 amide bonds. The minimum atomic E-state index is -0.815. The number of fused-ring (bicyclic) bond motifs is 4. The van der Waals surface area contributed by atoms with Crippen LogP contribution in [0.4, 0.5) is 17.1 Å². The number of benzene rings is 4. The molecule has 83 heavy (non-hydrogen) atoms. The molecule has 20 nitrogen and oxygen atoms in total. The molecule has 0 aromatic heterocycles. The minimum absolute atomic E-state index is 0.136. The lowest BCUT2D eigenvalue weighted by Gasteiger charge is -2.35. The Balaban J connectivity index is 0.00000445. The van der Waals surface area contributed by atoms with E-state index >= 15 is 0 Å². The van der Waals surface area contributed by atoms with Gasteiger partial charge in [-0.2, -0.15) is 0 Å². The van der Waals surface area contributed by atoms with Gasteiger partial charge in [-0.15, -0.1) is 0 Å². The van der Waals surface area contributed by atoms with Crippen LogP contribution in [-0.4, -0.2) is 141 Å². The van der Waals surface area contributed by atoms with Crippen LogP contribution in [0, 0.1) is 5.92 Å². The predicted octanol–water partition coefficient (Wildman–Crippen LogP) is 8.84. The molecule has 4 atom stereocenters. The fraction of sp³-hybridized carbons (Fsp3) is 0.429. The van der Waals surface area contributed by atoms with Crippen molar-refractivity contribution in [3.8, 4) is 28.7 Å². The van der Waals surface area contributed by atoms with E-state index in [2.05, 4.69) is 21.3 Å². The number of hydrogen-bond acceptors (Lipinski definition) is 14. The van der Waals surface area contributed by atoms with Gasteiger partial charge < -0.3 is 54.3 Å². The first-order valence-electron chi connectivity index (χ1n) is 28.6. The van der Waals surface area contributed by atoms with E-state index in [1.807, 2.05) is 95.4 Å². The quantitative estimate of drug-likeness (QED) is 0.0482. The monoisotopic (exact) mass is 1140 g/mol. The van der Waals surface area contributed by atoms with Gasteiger partial charge in [-0.25, -0.2) is 0 Å². The zero-order chi connectivity index (χ0) is 59.4. The van der Waals surface area contributed by atoms with Crippen molar-refractivity contribution in [1.82, 2.24) is 30.7 Å². The summed E-state index contributed by atoms with van der Waals surface area (Å²) in [5, 5.41) is 11.5. The second kappa shape index (κ2) is 27.5. The molecule has 0 aliphatic carbocycles. The fourth-order valence-corrected chi connectivity index (χ4v) is 10.7. The smallest absolute Gasteiger partial charge is 0.260 e. The number of carbonyl (C=O) groups is 6. The molecule has 4 aromatic carbocycles. The topological polar surface area (TPSA) is 231 Å². The van der Waals surface area contributed by atoms with Crippen molar-refractivity contribution in [1.29, 1.82) is 0 Å².